The first-order valence-electron chi connectivity index (χ1n) is 5.31. The zero-order valence-corrected chi connectivity index (χ0v) is 10.5. The summed E-state index contributed by atoms with van der Waals surface area (Å²) >= 11 is 0. The lowest BCUT2D eigenvalue weighted by Gasteiger charge is -2.40. The van der Waals surface area contributed by atoms with E-state index in [9.17, 15) is 4.79 Å². The second kappa shape index (κ2) is 5.47. The highest BCUT2D eigenvalue weighted by Gasteiger charge is 2.38. The molecule has 0 N–H and O–H groups in total. The molecule has 0 amide bonds. The van der Waals surface area contributed by atoms with E-state index < -0.39 is 11.4 Å². The number of esters is 1. The van der Waals surface area contributed by atoms with E-state index in [2.05, 4.69) is 0 Å². The smallest absolute Gasteiger partial charge is 0.303 e. The molecule has 0 saturated carbocycles. The molecular formula is C11H22O4. The van der Waals surface area contributed by atoms with Crippen LogP contribution in [0.2, 0.25) is 0 Å². The standard InChI is InChI=1S/C9H16O4.C2H6/c1-7(10)13-9(4)5-11-8(2,3)12-6-9;1-2/h5-6H2,1-4H3;1-2H3. The molecule has 0 unspecified atom stereocenters. The van der Waals surface area contributed by atoms with Gasteiger partial charge < -0.3 is 14.2 Å². The van der Waals surface area contributed by atoms with Gasteiger partial charge in [0.05, 0.1) is 13.2 Å². The predicted octanol–water partition coefficient (Wildman–Crippen LogP) is 2.12. The predicted molar refractivity (Wildman–Crippen MR) is 57.5 cm³/mol. The summed E-state index contributed by atoms with van der Waals surface area (Å²) in [5.41, 5.74) is -0.638. The van der Waals surface area contributed by atoms with Crippen LogP contribution in [0.4, 0.5) is 0 Å². The summed E-state index contributed by atoms with van der Waals surface area (Å²) < 4.78 is 15.8. The van der Waals surface area contributed by atoms with Crippen LogP contribution in [0.15, 0.2) is 0 Å². The van der Waals surface area contributed by atoms with Crippen molar-refractivity contribution in [2.24, 2.45) is 0 Å². The van der Waals surface area contributed by atoms with E-state index in [-0.39, 0.29) is 5.97 Å². The van der Waals surface area contributed by atoms with Gasteiger partial charge in [0.2, 0.25) is 0 Å². The molecule has 1 heterocycles. The molecule has 0 spiro atoms. The first kappa shape index (κ1) is 14.4. The van der Waals surface area contributed by atoms with Gasteiger partial charge in [0, 0.05) is 6.92 Å². The zero-order valence-electron chi connectivity index (χ0n) is 10.5. The second-order valence-electron chi connectivity index (χ2n) is 4.02. The van der Waals surface area contributed by atoms with Gasteiger partial charge in [-0.25, -0.2) is 0 Å². The molecule has 1 fully saturated rings. The van der Waals surface area contributed by atoms with Crippen molar-refractivity contribution in [3.63, 3.8) is 0 Å². The van der Waals surface area contributed by atoms with Crippen molar-refractivity contribution < 1.29 is 19.0 Å². The SMILES string of the molecule is CC.CC(=O)OC1(C)COC(C)(C)OC1. The number of carbonyl (C=O) groups is 1. The third kappa shape index (κ3) is 5.14. The molecular weight excluding hydrogens is 196 g/mol. The third-order valence-corrected chi connectivity index (χ3v) is 1.84. The molecule has 0 aromatic heterocycles. The lowest BCUT2D eigenvalue weighted by Crippen LogP contribution is -2.51. The Morgan fingerprint density at radius 2 is 1.53 bits per heavy atom. The highest BCUT2D eigenvalue weighted by molar-refractivity contribution is 5.66. The van der Waals surface area contributed by atoms with Crippen molar-refractivity contribution in [1.29, 1.82) is 0 Å². The molecule has 4 heteroatoms. The minimum absolute atomic E-state index is 0.311. The summed E-state index contributed by atoms with van der Waals surface area (Å²) in [5.74, 6) is -0.881. The Bertz CT molecular complexity index is 201. The van der Waals surface area contributed by atoms with Crippen LogP contribution < -0.4 is 0 Å². The fraction of sp³-hybridized carbons (Fsp3) is 0.909. The summed E-state index contributed by atoms with van der Waals surface area (Å²) in [7, 11) is 0. The van der Waals surface area contributed by atoms with E-state index >= 15 is 0 Å². The molecule has 1 aliphatic heterocycles. The summed E-state index contributed by atoms with van der Waals surface area (Å²) in [6, 6.07) is 0. The molecule has 1 aliphatic rings. The van der Waals surface area contributed by atoms with Crippen LogP contribution in [0.3, 0.4) is 0 Å². The van der Waals surface area contributed by atoms with Crippen molar-refractivity contribution in [3.05, 3.63) is 0 Å². The Labute approximate surface area is 91.9 Å². The number of rotatable bonds is 1. The second-order valence-corrected chi connectivity index (χ2v) is 4.02. The van der Waals surface area contributed by atoms with Crippen LogP contribution in [-0.4, -0.2) is 30.6 Å². The van der Waals surface area contributed by atoms with Crippen LogP contribution in [-0.2, 0) is 19.0 Å². The maximum Gasteiger partial charge on any atom is 0.303 e. The first-order valence-corrected chi connectivity index (χ1v) is 5.31. The van der Waals surface area contributed by atoms with Gasteiger partial charge in [-0.1, -0.05) is 13.8 Å². The van der Waals surface area contributed by atoms with Gasteiger partial charge in [-0.15, -0.1) is 0 Å². The van der Waals surface area contributed by atoms with Crippen molar-refractivity contribution >= 4 is 5.97 Å². The topological polar surface area (TPSA) is 44.8 Å². The summed E-state index contributed by atoms with van der Waals surface area (Å²) in [6.07, 6.45) is 0. The molecule has 1 saturated heterocycles. The molecule has 90 valence electrons. The van der Waals surface area contributed by atoms with E-state index in [1.807, 2.05) is 27.7 Å². The third-order valence-electron chi connectivity index (χ3n) is 1.84. The minimum atomic E-state index is -0.638. The number of ether oxygens (including phenoxy) is 3. The number of hydrogen-bond acceptors (Lipinski definition) is 4. The maximum atomic E-state index is 10.7. The van der Waals surface area contributed by atoms with E-state index in [0.29, 0.717) is 13.2 Å². The quantitative estimate of drug-likeness (QED) is 0.632. The van der Waals surface area contributed by atoms with E-state index in [4.69, 9.17) is 14.2 Å². The molecule has 0 aromatic carbocycles. The molecule has 4 nitrogen and oxygen atoms in total. The van der Waals surface area contributed by atoms with E-state index in [0.717, 1.165) is 0 Å². The highest BCUT2D eigenvalue weighted by atomic mass is 16.7. The van der Waals surface area contributed by atoms with Crippen LogP contribution >= 0.6 is 0 Å². The van der Waals surface area contributed by atoms with Gasteiger partial charge in [0.25, 0.3) is 0 Å². The van der Waals surface area contributed by atoms with E-state index in [1.54, 1.807) is 6.92 Å². The van der Waals surface area contributed by atoms with Crippen molar-refractivity contribution in [3.8, 4) is 0 Å². The summed E-state index contributed by atoms with van der Waals surface area (Å²) in [4.78, 5) is 10.7. The van der Waals surface area contributed by atoms with Crippen molar-refractivity contribution in [1.82, 2.24) is 0 Å². The van der Waals surface area contributed by atoms with Gasteiger partial charge in [0.1, 0.15) is 0 Å². The fourth-order valence-corrected chi connectivity index (χ4v) is 1.14. The summed E-state index contributed by atoms with van der Waals surface area (Å²) in [6.45, 7) is 11.6. The molecule has 0 atom stereocenters. The molecule has 1 rings (SSSR count). The number of hydrogen-bond donors (Lipinski definition) is 0. The first-order chi connectivity index (χ1) is 6.83. The average Bonchev–Trinajstić information content (AvgIpc) is 2.14. The van der Waals surface area contributed by atoms with Crippen molar-refractivity contribution in [2.45, 2.75) is 52.9 Å². The van der Waals surface area contributed by atoms with Crippen molar-refractivity contribution in [2.75, 3.05) is 13.2 Å². The van der Waals surface area contributed by atoms with Gasteiger partial charge >= 0.3 is 5.97 Å². The molecule has 0 aliphatic carbocycles. The van der Waals surface area contributed by atoms with Gasteiger partial charge in [-0.05, 0) is 20.8 Å². The Balaban J connectivity index is 0.000000921. The Morgan fingerprint density at radius 1 is 1.13 bits per heavy atom. The Morgan fingerprint density at radius 3 is 1.87 bits per heavy atom. The zero-order chi connectivity index (χ0) is 12.1. The minimum Gasteiger partial charge on any atom is -0.455 e. The largest absolute Gasteiger partial charge is 0.455 e. The van der Waals surface area contributed by atoms with Crippen LogP contribution in [0.5, 0.6) is 0 Å². The van der Waals surface area contributed by atoms with E-state index in [1.165, 1.54) is 6.92 Å². The molecule has 15 heavy (non-hydrogen) atoms. The molecule has 0 aromatic rings. The lowest BCUT2D eigenvalue weighted by molar-refractivity contribution is -0.300. The highest BCUT2D eigenvalue weighted by Crippen LogP contribution is 2.25. The van der Waals surface area contributed by atoms with Crippen LogP contribution in [0, 0.1) is 0 Å². The Kier molecular flexibility index (Phi) is 5.24. The van der Waals surface area contributed by atoms with Crippen LogP contribution in [0.1, 0.15) is 41.5 Å². The lowest BCUT2D eigenvalue weighted by atomic mass is 10.1. The average molecular weight is 218 g/mol. The molecule has 0 bridgehead atoms. The Hall–Kier alpha value is -0.610. The monoisotopic (exact) mass is 218 g/mol. The molecule has 0 radical (unpaired) electrons. The van der Waals surface area contributed by atoms with Gasteiger partial charge in [-0.3, -0.25) is 4.79 Å². The van der Waals surface area contributed by atoms with Gasteiger partial charge in [-0.2, -0.15) is 0 Å². The van der Waals surface area contributed by atoms with Gasteiger partial charge in [0.15, 0.2) is 11.4 Å². The normalized spacial score (nSPS) is 22.3. The number of carbonyl (C=O) groups excluding carboxylic acids is 1. The maximum absolute atomic E-state index is 10.7. The fourth-order valence-electron chi connectivity index (χ4n) is 1.14. The van der Waals surface area contributed by atoms with Crippen LogP contribution in [0.25, 0.3) is 0 Å². The summed E-state index contributed by atoms with van der Waals surface area (Å²) in [5, 5.41) is 0.